The Labute approximate surface area is 246 Å². The van der Waals surface area contributed by atoms with Crippen molar-refractivity contribution in [3.05, 3.63) is 66.6 Å². The van der Waals surface area contributed by atoms with Gasteiger partial charge in [-0.1, -0.05) is 18.2 Å². The minimum absolute atomic E-state index is 0.0178. The molecule has 2 aromatic carbocycles. The van der Waals surface area contributed by atoms with Crippen LogP contribution in [0, 0.1) is 0 Å². The van der Waals surface area contributed by atoms with Crippen LogP contribution >= 0.6 is 0 Å². The standard InChI is InChI=1S/C31H33F3N6O3/c1-20-17-38(12-13-40(20)28(42)19-39-18-21-4-2-3-5-25(21)29(39)43)27-7-6-23(31(32,33)34)14-26(27)22-15-35-30(36-16-22)37-10-8-24(41)9-11-37/h2-7,14-16,18,20,24,41,43H,8-13,17,19H2,1H3. The van der Waals surface area contributed by atoms with E-state index in [-0.39, 0.29) is 30.5 Å². The van der Waals surface area contributed by atoms with Gasteiger partial charge in [0.2, 0.25) is 11.9 Å². The quantitative estimate of drug-likeness (QED) is 0.351. The van der Waals surface area contributed by atoms with Crippen molar-refractivity contribution in [3.8, 4) is 17.0 Å². The van der Waals surface area contributed by atoms with Crippen LogP contribution in [0.2, 0.25) is 0 Å². The number of aliphatic hydroxyl groups excluding tert-OH is 1. The average Bonchev–Trinajstić information content (AvgIpc) is 3.31. The van der Waals surface area contributed by atoms with Crippen LogP contribution in [0.1, 0.15) is 25.3 Å². The van der Waals surface area contributed by atoms with Crippen LogP contribution in [0.15, 0.2) is 61.1 Å². The molecule has 43 heavy (non-hydrogen) atoms. The fraction of sp³-hybridized carbons (Fsp3) is 0.387. The number of aliphatic hydroxyl groups is 1. The van der Waals surface area contributed by atoms with Crippen molar-refractivity contribution in [3.63, 3.8) is 0 Å². The van der Waals surface area contributed by atoms with E-state index in [1.165, 1.54) is 10.6 Å². The summed E-state index contributed by atoms with van der Waals surface area (Å²) in [5.41, 5.74) is 0.675. The number of hydrogen-bond acceptors (Lipinski definition) is 7. The summed E-state index contributed by atoms with van der Waals surface area (Å²) in [4.78, 5) is 27.9. The van der Waals surface area contributed by atoms with Crippen molar-refractivity contribution >= 4 is 28.3 Å². The Morgan fingerprint density at radius 2 is 1.72 bits per heavy atom. The third-order valence-electron chi connectivity index (χ3n) is 8.38. The molecule has 1 amide bonds. The van der Waals surface area contributed by atoms with Crippen molar-refractivity contribution in [2.75, 3.05) is 42.5 Å². The van der Waals surface area contributed by atoms with Gasteiger partial charge in [0.15, 0.2) is 5.88 Å². The summed E-state index contributed by atoms with van der Waals surface area (Å²) in [6.07, 6.45) is 1.20. The minimum Gasteiger partial charge on any atom is -0.494 e. The van der Waals surface area contributed by atoms with E-state index in [0.717, 1.165) is 17.5 Å². The fourth-order valence-corrected chi connectivity index (χ4v) is 6.01. The highest BCUT2D eigenvalue weighted by Gasteiger charge is 2.33. The fourth-order valence-electron chi connectivity index (χ4n) is 6.01. The molecule has 4 heterocycles. The number of piperazine rings is 1. The van der Waals surface area contributed by atoms with E-state index in [0.29, 0.717) is 73.7 Å². The molecule has 9 nitrogen and oxygen atoms in total. The van der Waals surface area contributed by atoms with Crippen LogP contribution in [0.25, 0.3) is 21.9 Å². The van der Waals surface area contributed by atoms with Gasteiger partial charge in [0, 0.05) is 84.9 Å². The van der Waals surface area contributed by atoms with Crippen molar-refractivity contribution in [2.45, 2.75) is 44.6 Å². The second-order valence-corrected chi connectivity index (χ2v) is 11.3. The Morgan fingerprint density at radius 1 is 1.00 bits per heavy atom. The molecule has 4 aromatic rings. The number of alkyl halides is 3. The van der Waals surface area contributed by atoms with E-state index in [9.17, 15) is 28.2 Å². The molecule has 2 N–H and O–H groups in total. The van der Waals surface area contributed by atoms with E-state index >= 15 is 0 Å². The van der Waals surface area contributed by atoms with Gasteiger partial charge in [0.1, 0.15) is 6.54 Å². The Morgan fingerprint density at radius 3 is 2.40 bits per heavy atom. The largest absolute Gasteiger partial charge is 0.494 e. The number of nitrogens with zero attached hydrogens (tertiary/aromatic N) is 6. The van der Waals surface area contributed by atoms with Gasteiger partial charge < -0.3 is 29.5 Å². The molecular formula is C31H33F3N6O3. The molecule has 0 radical (unpaired) electrons. The number of carbonyl (C=O) groups excluding carboxylic acids is 1. The third-order valence-corrected chi connectivity index (χ3v) is 8.38. The third kappa shape index (κ3) is 5.83. The van der Waals surface area contributed by atoms with Gasteiger partial charge in [-0.15, -0.1) is 0 Å². The lowest BCUT2D eigenvalue weighted by molar-refractivity contribution is -0.137. The summed E-state index contributed by atoms with van der Waals surface area (Å²) < 4.78 is 42.8. The van der Waals surface area contributed by atoms with Crippen LogP contribution in [0.4, 0.5) is 24.8 Å². The number of amides is 1. The van der Waals surface area contributed by atoms with E-state index in [4.69, 9.17) is 0 Å². The Bertz CT molecular complexity index is 1620. The first-order chi connectivity index (χ1) is 20.6. The molecule has 0 spiro atoms. The number of aromatic hydroxyl groups is 1. The summed E-state index contributed by atoms with van der Waals surface area (Å²) >= 11 is 0. The van der Waals surface area contributed by atoms with Crippen LogP contribution in [-0.4, -0.2) is 80.4 Å². The molecular weight excluding hydrogens is 561 g/mol. The van der Waals surface area contributed by atoms with Gasteiger partial charge >= 0.3 is 6.18 Å². The molecule has 6 rings (SSSR count). The van der Waals surface area contributed by atoms with E-state index in [1.54, 1.807) is 29.6 Å². The number of hydrogen-bond donors (Lipinski definition) is 2. The first-order valence-electron chi connectivity index (χ1n) is 14.4. The van der Waals surface area contributed by atoms with Gasteiger partial charge in [0.25, 0.3) is 0 Å². The molecule has 0 saturated carbocycles. The number of fused-ring (bicyclic) bond motifs is 1. The molecule has 2 saturated heterocycles. The smallest absolute Gasteiger partial charge is 0.416 e. The Balaban J connectivity index is 1.21. The number of rotatable bonds is 5. The van der Waals surface area contributed by atoms with Crippen LogP contribution < -0.4 is 9.80 Å². The maximum Gasteiger partial charge on any atom is 0.416 e. The molecule has 12 heteroatoms. The van der Waals surface area contributed by atoms with Crippen molar-refractivity contribution in [2.24, 2.45) is 0 Å². The molecule has 1 atom stereocenters. The zero-order chi connectivity index (χ0) is 30.3. The number of piperidine rings is 1. The predicted molar refractivity (Wildman–Crippen MR) is 157 cm³/mol. The summed E-state index contributed by atoms with van der Waals surface area (Å²) in [5.74, 6) is 0.368. The summed E-state index contributed by atoms with van der Waals surface area (Å²) in [6.45, 7) is 4.32. The Hall–Kier alpha value is -4.32. The second-order valence-electron chi connectivity index (χ2n) is 11.3. The zero-order valence-electron chi connectivity index (χ0n) is 23.7. The SMILES string of the molecule is CC1CN(c2ccc(C(F)(F)F)cc2-c2cnc(N3CCC(O)CC3)nc2)CCN1C(=O)Cn1cc2ccccc2c1O. The van der Waals surface area contributed by atoms with Gasteiger partial charge in [0.05, 0.1) is 11.7 Å². The van der Waals surface area contributed by atoms with Crippen LogP contribution in [0.5, 0.6) is 5.88 Å². The monoisotopic (exact) mass is 594 g/mol. The van der Waals surface area contributed by atoms with E-state index < -0.39 is 11.7 Å². The molecule has 2 aliphatic heterocycles. The lowest BCUT2D eigenvalue weighted by Crippen LogP contribution is -2.54. The number of aromatic nitrogens is 3. The minimum atomic E-state index is -4.52. The van der Waals surface area contributed by atoms with E-state index in [2.05, 4.69) is 9.97 Å². The van der Waals surface area contributed by atoms with Crippen LogP contribution in [0.3, 0.4) is 0 Å². The van der Waals surface area contributed by atoms with Gasteiger partial charge in [-0.25, -0.2) is 9.97 Å². The molecule has 0 aliphatic carbocycles. The highest BCUT2D eigenvalue weighted by Crippen LogP contribution is 2.38. The zero-order valence-corrected chi connectivity index (χ0v) is 23.7. The average molecular weight is 595 g/mol. The molecule has 226 valence electrons. The number of anilines is 2. The molecule has 1 unspecified atom stereocenters. The molecule has 0 bridgehead atoms. The molecule has 2 aromatic heterocycles. The van der Waals surface area contributed by atoms with Gasteiger partial charge in [-0.2, -0.15) is 13.2 Å². The van der Waals surface area contributed by atoms with Gasteiger partial charge in [-0.3, -0.25) is 4.79 Å². The lowest BCUT2D eigenvalue weighted by atomic mass is 10.0. The highest BCUT2D eigenvalue weighted by molar-refractivity contribution is 5.89. The first kappa shape index (κ1) is 28.8. The Kier molecular flexibility index (Phi) is 7.63. The van der Waals surface area contributed by atoms with Crippen molar-refractivity contribution < 1.29 is 28.2 Å². The van der Waals surface area contributed by atoms with Crippen molar-refractivity contribution in [1.82, 2.24) is 19.4 Å². The summed E-state index contributed by atoms with van der Waals surface area (Å²) in [7, 11) is 0. The molecule has 2 fully saturated rings. The summed E-state index contributed by atoms with van der Waals surface area (Å²) in [6, 6.07) is 10.8. The first-order valence-corrected chi connectivity index (χ1v) is 14.4. The maximum atomic E-state index is 13.7. The number of halogens is 3. The van der Waals surface area contributed by atoms with Crippen LogP contribution in [-0.2, 0) is 17.5 Å². The van der Waals surface area contributed by atoms with Crippen molar-refractivity contribution in [1.29, 1.82) is 0 Å². The van der Waals surface area contributed by atoms with Gasteiger partial charge in [-0.05, 0) is 44.0 Å². The van der Waals surface area contributed by atoms with E-state index in [1.807, 2.05) is 34.9 Å². The summed E-state index contributed by atoms with van der Waals surface area (Å²) in [5, 5.41) is 21.9. The number of carbonyl (C=O) groups is 1. The number of benzene rings is 2. The lowest BCUT2D eigenvalue weighted by Gasteiger charge is -2.41. The molecule has 2 aliphatic rings. The topological polar surface area (TPSA) is 98.0 Å². The predicted octanol–water partition coefficient (Wildman–Crippen LogP) is 4.52. The second kappa shape index (κ2) is 11.4. The normalized spacial score (nSPS) is 18.4. The highest BCUT2D eigenvalue weighted by atomic mass is 19.4. The maximum absolute atomic E-state index is 13.7.